The third kappa shape index (κ3) is 5.70. The zero-order valence-electron chi connectivity index (χ0n) is 15.7. The maximum absolute atomic E-state index is 6.22. The van der Waals surface area contributed by atoms with E-state index in [0.29, 0.717) is 21.7 Å². The van der Waals surface area contributed by atoms with Crippen LogP contribution in [0.25, 0.3) is 0 Å². The van der Waals surface area contributed by atoms with Gasteiger partial charge in [-0.3, -0.25) is 9.36 Å². The van der Waals surface area contributed by atoms with Crippen molar-refractivity contribution in [3.8, 4) is 0 Å². The molecule has 6 nitrogen and oxygen atoms in total. The molecule has 3 rings (SSSR count). The van der Waals surface area contributed by atoms with Gasteiger partial charge in [0, 0.05) is 35.0 Å². The monoisotopic (exact) mass is 436 g/mol. The highest BCUT2D eigenvalue weighted by Gasteiger charge is 2.06. The van der Waals surface area contributed by atoms with E-state index >= 15 is 0 Å². The lowest BCUT2D eigenvalue weighted by atomic mass is 10.2. The van der Waals surface area contributed by atoms with E-state index in [1.165, 1.54) is 5.69 Å². The number of nitrogens with zero attached hydrogens (tertiary/aromatic N) is 4. The Morgan fingerprint density at radius 3 is 2.75 bits per heavy atom. The van der Waals surface area contributed by atoms with Crippen molar-refractivity contribution in [2.24, 2.45) is 0 Å². The van der Waals surface area contributed by atoms with Gasteiger partial charge in [0.1, 0.15) is 0 Å². The Bertz CT molecular complexity index is 965. The molecule has 0 atom stereocenters. The number of aryl methyl sites for hydroxylation is 3. The number of anilines is 1. The number of rotatable bonds is 7. The minimum Gasteiger partial charge on any atom is -0.362 e. The van der Waals surface area contributed by atoms with Crippen molar-refractivity contribution in [1.29, 1.82) is 0 Å². The Hall–Kier alpha value is -2.09. The summed E-state index contributed by atoms with van der Waals surface area (Å²) in [7, 11) is 0. The van der Waals surface area contributed by atoms with Crippen LogP contribution in [0.2, 0.25) is 10.0 Å². The summed E-state index contributed by atoms with van der Waals surface area (Å²) in [5.41, 5.74) is 3.98. The van der Waals surface area contributed by atoms with Gasteiger partial charge in [-0.05, 0) is 56.2 Å². The van der Waals surface area contributed by atoms with Crippen molar-refractivity contribution in [2.45, 2.75) is 33.4 Å². The van der Waals surface area contributed by atoms with E-state index in [0.717, 1.165) is 36.5 Å². The lowest BCUT2D eigenvalue weighted by Crippen LogP contribution is -2.29. The van der Waals surface area contributed by atoms with Gasteiger partial charge in [0.25, 0.3) is 0 Å². The van der Waals surface area contributed by atoms with Crippen LogP contribution in [-0.4, -0.2) is 31.2 Å². The Morgan fingerprint density at radius 2 is 2.04 bits per heavy atom. The number of thiocarbonyl (C=S) groups is 1. The van der Waals surface area contributed by atoms with E-state index in [1.807, 2.05) is 29.9 Å². The SMILES string of the molecule is Cc1cc(C)n(CCCNC(=S)Nc2cnn(Cc3ccc(Cl)cc3Cl)c2)n1. The van der Waals surface area contributed by atoms with Crippen molar-refractivity contribution < 1.29 is 0 Å². The number of hydrogen-bond acceptors (Lipinski definition) is 3. The summed E-state index contributed by atoms with van der Waals surface area (Å²) in [6.07, 6.45) is 4.54. The first-order valence-corrected chi connectivity index (χ1v) is 10.1. The number of hydrogen-bond donors (Lipinski definition) is 2. The maximum atomic E-state index is 6.22. The highest BCUT2D eigenvalue weighted by atomic mass is 35.5. The molecule has 0 unspecified atom stereocenters. The molecule has 0 amide bonds. The molecule has 0 bridgehead atoms. The second kappa shape index (κ2) is 9.41. The topological polar surface area (TPSA) is 59.7 Å². The van der Waals surface area contributed by atoms with Gasteiger partial charge in [-0.2, -0.15) is 10.2 Å². The minimum atomic E-state index is 0.556. The van der Waals surface area contributed by atoms with E-state index in [-0.39, 0.29) is 0 Å². The van der Waals surface area contributed by atoms with Gasteiger partial charge in [-0.1, -0.05) is 29.3 Å². The van der Waals surface area contributed by atoms with Gasteiger partial charge in [-0.15, -0.1) is 0 Å². The average Bonchev–Trinajstić information content (AvgIpc) is 3.20. The largest absolute Gasteiger partial charge is 0.362 e. The van der Waals surface area contributed by atoms with Crippen LogP contribution >= 0.6 is 35.4 Å². The molecule has 0 aliphatic carbocycles. The molecule has 9 heteroatoms. The van der Waals surface area contributed by atoms with Crippen molar-refractivity contribution in [3.63, 3.8) is 0 Å². The zero-order chi connectivity index (χ0) is 20.1. The van der Waals surface area contributed by atoms with Gasteiger partial charge in [0.2, 0.25) is 0 Å². The summed E-state index contributed by atoms with van der Waals surface area (Å²) in [5.74, 6) is 0. The van der Waals surface area contributed by atoms with Crippen molar-refractivity contribution in [1.82, 2.24) is 24.9 Å². The van der Waals surface area contributed by atoms with Gasteiger partial charge in [0.05, 0.1) is 24.1 Å². The van der Waals surface area contributed by atoms with Gasteiger partial charge < -0.3 is 10.6 Å². The standard InChI is InChI=1S/C19H22Cl2N6S/c1-13-8-14(2)27(25-13)7-3-6-22-19(28)24-17-10-23-26(12-17)11-15-4-5-16(20)9-18(15)21/h4-5,8-10,12H,3,6-7,11H2,1-2H3,(H2,22,24,28). The first-order valence-electron chi connectivity index (χ1n) is 8.93. The Kier molecular flexibility index (Phi) is 6.93. The van der Waals surface area contributed by atoms with Crippen LogP contribution in [0.4, 0.5) is 5.69 Å². The predicted octanol–water partition coefficient (Wildman–Crippen LogP) is 4.43. The molecule has 0 aliphatic heterocycles. The smallest absolute Gasteiger partial charge is 0.170 e. The number of halogens is 2. The second-order valence-electron chi connectivity index (χ2n) is 6.55. The minimum absolute atomic E-state index is 0.556. The van der Waals surface area contributed by atoms with Crippen LogP contribution in [0.5, 0.6) is 0 Å². The molecule has 1 aromatic carbocycles. The van der Waals surface area contributed by atoms with Crippen LogP contribution in [0.15, 0.2) is 36.7 Å². The molecule has 148 valence electrons. The highest BCUT2D eigenvalue weighted by Crippen LogP contribution is 2.22. The second-order valence-corrected chi connectivity index (χ2v) is 7.80. The highest BCUT2D eigenvalue weighted by molar-refractivity contribution is 7.80. The van der Waals surface area contributed by atoms with Crippen LogP contribution < -0.4 is 10.6 Å². The van der Waals surface area contributed by atoms with Gasteiger partial charge in [-0.25, -0.2) is 0 Å². The van der Waals surface area contributed by atoms with E-state index < -0.39 is 0 Å². The first-order chi connectivity index (χ1) is 13.4. The zero-order valence-corrected chi connectivity index (χ0v) is 18.1. The molecule has 0 spiro atoms. The maximum Gasteiger partial charge on any atom is 0.170 e. The van der Waals surface area contributed by atoms with Crippen LogP contribution in [0, 0.1) is 13.8 Å². The molecule has 3 aromatic rings. The third-order valence-electron chi connectivity index (χ3n) is 4.17. The van der Waals surface area contributed by atoms with Crippen LogP contribution in [-0.2, 0) is 13.1 Å². The summed E-state index contributed by atoms with van der Waals surface area (Å²) in [6.45, 7) is 6.24. The molecular formula is C19H22Cl2N6S. The normalized spacial score (nSPS) is 10.9. The Balaban J connectivity index is 1.44. The van der Waals surface area contributed by atoms with E-state index in [9.17, 15) is 0 Å². The molecule has 2 aromatic heterocycles. The summed E-state index contributed by atoms with van der Waals surface area (Å²) < 4.78 is 3.81. The predicted molar refractivity (Wildman–Crippen MR) is 118 cm³/mol. The van der Waals surface area contributed by atoms with Crippen molar-refractivity contribution >= 4 is 46.2 Å². The Labute approximate surface area is 179 Å². The molecule has 0 radical (unpaired) electrons. The fraction of sp³-hybridized carbons (Fsp3) is 0.316. The quantitative estimate of drug-likeness (QED) is 0.423. The fourth-order valence-electron chi connectivity index (χ4n) is 2.85. The van der Waals surface area contributed by atoms with Crippen molar-refractivity contribution in [3.05, 3.63) is 63.7 Å². The summed E-state index contributed by atoms with van der Waals surface area (Å²) in [5, 5.41) is 17.0. The molecule has 2 heterocycles. The number of benzene rings is 1. The lowest BCUT2D eigenvalue weighted by Gasteiger charge is -2.09. The number of nitrogens with one attached hydrogen (secondary N) is 2. The molecule has 0 fully saturated rings. The Morgan fingerprint density at radius 1 is 1.21 bits per heavy atom. The first kappa shape index (κ1) is 20.6. The van der Waals surface area contributed by atoms with Gasteiger partial charge in [0.15, 0.2) is 5.11 Å². The molecule has 0 aliphatic rings. The molecule has 0 saturated heterocycles. The van der Waals surface area contributed by atoms with E-state index in [4.69, 9.17) is 35.4 Å². The molecule has 2 N–H and O–H groups in total. The van der Waals surface area contributed by atoms with Gasteiger partial charge >= 0.3 is 0 Å². The summed E-state index contributed by atoms with van der Waals surface area (Å²) >= 11 is 17.5. The average molecular weight is 437 g/mol. The van der Waals surface area contributed by atoms with E-state index in [1.54, 1.807) is 16.9 Å². The van der Waals surface area contributed by atoms with Crippen molar-refractivity contribution in [2.75, 3.05) is 11.9 Å². The summed E-state index contributed by atoms with van der Waals surface area (Å²) in [6, 6.07) is 7.52. The van der Waals surface area contributed by atoms with Crippen LogP contribution in [0.1, 0.15) is 23.4 Å². The lowest BCUT2D eigenvalue weighted by molar-refractivity contribution is 0.558. The molecule has 28 heavy (non-hydrogen) atoms. The van der Waals surface area contributed by atoms with Crippen LogP contribution in [0.3, 0.4) is 0 Å². The van der Waals surface area contributed by atoms with E-state index in [2.05, 4.69) is 33.8 Å². The number of aromatic nitrogens is 4. The third-order valence-corrected chi connectivity index (χ3v) is 5.01. The molecule has 0 saturated carbocycles. The summed E-state index contributed by atoms with van der Waals surface area (Å²) in [4.78, 5) is 0. The fourth-order valence-corrected chi connectivity index (χ4v) is 3.53. The molecular weight excluding hydrogens is 415 g/mol.